The molecule has 0 atom stereocenters. The van der Waals surface area contributed by atoms with Gasteiger partial charge in [-0.25, -0.2) is 17.6 Å². The molecule has 0 saturated heterocycles. The highest BCUT2D eigenvalue weighted by Gasteiger charge is 2.20. The Labute approximate surface area is 146 Å². The maximum absolute atomic E-state index is 14.4. The Hall–Kier alpha value is -2.10. The number of allylic oxidation sites excluding steroid dienone is 1. The Morgan fingerprint density at radius 2 is 1.52 bits per heavy atom. The van der Waals surface area contributed by atoms with Crippen molar-refractivity contribution in [2.24, 2.45) is 0 Å². The normalized spacial score (nSPS) is 12.2. The third kappa shape index (κ3) is 4.50. The maximum Gasteiger partial charge on any atom is 0.169 e. The zero-order chi connectivity index (χ0) is 18.4. The molecule has 0 aliphatic carbocycles. The zero-order valence-electron chi connectivity index (χ0n) is 14.5. The summed E-state index contributed by atoms with van der Waals surface area (Å²) in [6, 6.07) is 9.50. The Bertz CT molecular complexity index is 745. The molecule has 0 fully saturated rings. The summed E-state index contributed by atoms with van der Waals surface area (Å²) in [5, 5.41) is 0. The van der Waals surface area contributed by atoms with Crippen LogP contribution >= 0.6 is 0 Å². The smallest absolute Gasteiger partial charge is 0.169 e. The van der Waals surface area contributed by atoms with Gasteiger partial charge in [-0.3, -0.25) is 0 Å². The first-order chi connectivity index (χ1) is 12.0. The van der Waals surface area contributed by atoms with Gasteiger partial charge in [-0.1, -0.05) is 57.0 Å². The van der Waals surface area contributed by atoms with Crippen LogP contribution < -0.4 is 0 Å². The van der Waals surface area contributed by atoms with E-state index in [2.05, 4.69) is 6.92 Å². The van der Waals surface area contributed by atoms with Crippen LogP contribution in [-0.2, 0) is 6.42 Å². The summed E-state index contributed by atoms with van der Waals surface area (Å²) in [7, 11) is 0. The van der Waals surface area contributed by atoms with E-state index in [-0.39, 0.29) is 12.0 Å². The van der Waals surface area contributed by atoms with Gasteiger partial charge in [0, 0.05) is 12.0 Å². The van der Waals surface area contributed by atoms with Crippen molar-refractivity contribution in [3.63, 3.8) is 0 Å². The summed E-state index contributed by atoms with van der Waals surface area (Å²) in [5.74, 6) is -4.90. The van der Waals surface area contributed by atoms with Gasteiger partial charge in [-0.15, -0.1) is 0 Å². The minimum absolute atomic E-state index is 0.0334. The third-order valence-corrected chi connectivity index (χ3v) is 4.11. The van der Waals surface area contributed by atoms with Gasteiger partial charge in [0.1, 0.15) is 5.83 Å². The molecule has 0 aliphatic heterocycles. The number of rotatable bonds is 7. The summed E-state index contributed by atoms with van der Waals surface area (Å²) >= 11 is 0. The van der Waals surface area contributed by atoms with E-state index in [0.717, 1.165) is 24.5 Å². The van der Waals surface area contributed by atoms with E-state index in [1.165, 1.54) is 6.07 Å². The molecule has 0 N–H and O–H groups in total. The molecule has 0 bridgehead atoms. The van der Waals surface area contributed by atoms with Crippen LogP contribution in [0.3, 0.4) is 0 Å². The summed E-state index contributed by atoms with van der Waals surface area (Å²) < 4.78 is 56.4. The standard InChI is InChI=1S/C21H22F4/c1-3-5-7-18(22)19(23)17-13-12-16(20(24)21(17)25)15-10-8-14(6-4-2)9-11-15/h8-13H,3-7H2,1-2H3/b19-18+. The lowest BCUT2D eigenvalue weighted by Crippen LogP contribution is -1.97. The van der Waals surface area contributed by atoms with Crippen LogP contribution in [-0.4, -0.2) is 0 Å². The van der Waals surface area contributed by atoms with Crippen LogP contribution in [0.2, 0.25) is 0 Å². The molecule has 4 heteroatoms. The van der Waals surface area contributed by atoms with Crippen molar-refractivity contribution in [3.05, 3.63) is 65.0 Å². The van der Waals surface area contributed by atoms with E-state index >= 15 is 0 Å². The predicted octanol–water partition coefficient (Wildman–Crippen LogP) is 7.38. The number of benzene rings is 2. The molecule has 2 aromatic carbocycles. The molecule has 0 radical (unpaired) electrons. The molecule has 134 valence electrons. The number of unbranched alkanes of at least 4 members (excludes halogenated alkanes) is 1. The van der Waals surface area contributed by atoms with Crippen LogP contribution in [0.4, 0.5) is 17.6 Å². The molecule has 0 saturated carbocycles. The maximum atomic E-state index is 14.4. The lowest BCUT2D eigenvalue weighted by Gasteiger charge is -2.09. The lowest BCUT2D eigenvalue weighted by atomic mass is 9.99. The highest BCUT2D eigenvalue weighted by Crippen LogP contribution is 2.32. The molecule has 0 spiro atoms. The van der Waals surface area contributed by atoms with Gasteiger partial charge in [0.2, 0.25) is 0 Å². The highest BCUT2D eigenvalue weighted by molar-refractivity contribution is 5.69. The zero-order valence-corrected chi connectivity index (χ0v) is 14.5. The average Bonchev–Trinajstić information content (AvgIpc) is 2.62. The molecule has 2 aromatic rings. The molecule has 0 amide bonds. The van der Waals surface area contributed by atoms with Gasteiger partial charge in [-0.2, -0.15) is 0 Å². The van der Waals surface area contributed by atoms with Crippen molar-refractivity contribution in [3.8, 4) is 11.1 Å². The largest absolute Gasteiger partial charge is 0.209 e. The van der Waals surface area contributed by atoms with Crippen LogP contribution in [0.5, 0.6) is 0 Å². The Balaban J connectivity index is 2.37. The minimum atomic E-state index is -1.36. The molecular formula is C21H22F4. The second-order valence-electron chi connectivity index (χ2n) is 6.06. The van der Waals surface area contributed by atoms with Gasteiger partial charge in [-0.05, 0) is 30.0 Å². The van der Waals surface area contributed by atoms with Crippen molar-refractivity contribution in [1.29, 1.82) is 0 Å². The summed E-state index contributed by atoms with van der Waals surface area (Å²) in [6.45, 7) is 3.90. The quantitative estimate of drug-likeness (QED) is 0.457. The average molecular weight is 350 g/mol. The molecule has 2 rings (SSSR count). The number of halogens is 4. The fourth-order valence-electron chi connectivity index (χ4n) is 2.67. The topological polar surface area (TPSA) is 0 Å². The van der Waals surface area contributed by atoms with Crippen molar-refractivity contribution in [2.45, 2.75) is 46.0 Å². The summed E-state index contributed by atoms with van der Waals surface area (Å²) in [5.41, 5.74) is 0.970. The van der Waals surface area contributed by atoms with Crippen LogP contribution in [0.15, 0.2) is 42.2 Å². The van der Waals surface area contributed by atoms with Crippen molar-refractivity contribution in [2.75, 3.05) is 0 Å². The fourth-order valence-corrected chi connectivity index (χ4v) is 2.67. The monoisotopic (exact) mass is 350 g/mol. The van der Waals surface area contributed by atoms with Crippen LogP contribution in [0, 0.1) is 11.6 Å². The van der Waals surface area contributed by atoms with Gasteiger partial charge in [0.05, 0.1) is 5.56 Å². The number of hydrogen-bond acceptors (Lipinski definition) is 0. The Morgan fingerprint density at radius 3 is 2.12 bits per heavy atom. The minimum Gasteiger partial charge on any atom is -0.209 e. The van der Waals surface area contributed by atoms with Crippen molar-refractivity contribution >= 4 is 5.83 Å². The molecule has 0 aliphatic rings. The molecule has 0 heterocycles. The van der Waals surface area contributed by atoms with Crippen LogP contribution in [0.25, 0.3) is 17.0 Å². The first-order valence-corrected chi connectivity index (χ1v) is 8.61. The third-order valence-electron chi connectivity index (χ3n) is 4.11. The van der Waals surface area contributed by atoms with E-state index in [0.29, 0.717) is 18.4 Å². The molecular weight excluding hydrogens is 328 g/mol. The predicted molar refractivity (Wildman–Crippen MR) is 94.5 cm³/mol. The first-order valence-electron chi connectivity index (χ1n) is 8.61. The number of aryl methyl sites for hydroxylation is 1. The van der Waals surface area contributed by atoms with E-state index < -0.39 is 28.9 Å². The molecule has 0 nitrogen and oxygen atoms in total. The van der Waals surface area contributed by atoms with E-state index in [9.17, 15) is 17.6 Å². The second kappa shape index (κ2) is 8.84. The van der Waals surface area contributed by atoms with E-state index in [1.807, 2.05) is 19.1 Å². The van der Waals surface area contributed by atoms with E-state index in [1.54, 1.807) is 12.1 Å². The highest BCUT2D eigenvalue weighted by atomic mass is 19.2. The summed E-state index contributed by atoms with van der Waals surface area (Å²) in [6.07, 6.45) is 2.91. The van der Waals surface area contributed by atoms with Gasteiger partial charge in [0.25, 0.3) is 0 Å². The molecule has 25 heavy (non-hydrogen) atoms. The molecule has 0 aromatic heterocycles. The van der Waals surface area contributed by atoms with Gasteiger partial charge >= 0.3 is 0 Å². The Kier molecular flexibility index (Phi) is 6.80. The first kappa shape index (κ1) is 19.2. The van der Waals surface area contributed by atoms with Crippen molar-refractivity contribution < 1.29 is 17.6 Å². The van der Waals surface area contributed by atoms with Crippen molar-refractivity contribution in [1.82, 2.24) is 0 Å². The molecule has 0 unspecified atom stereocenters. The van der Waals surface area contributed by atoms with Gasteiger partial charge < -0.3 is 0 Å². The lowest BCUT2D eigenvalue weighted by molar-refractivity contribution is 0.500. The van der Waals surface area contributed by atoms with Crippen LogP contribution in [0.1, 0.15) is 50.7 Å². The van der Waals surface area contributed by atoms with Gasteiger partial charge in [0.15, 0.2) is 17.5 Å². The van der Waals surface area contributed by atoms with E-state index in [4.69, 9.17) is 0 Å². The number of hydrogen-bond donors (Lipinski definition) is 0. The Morgan fingerprint density at radius 1 is 0.840 bits per heavy atom. The summed E-state index contributed by atoms with van der Waals surface area (Å²) in [4.78, 5) is 0. The second-order valence-corrected chi connectivity index (χ2v) is 6.06. The SMILES string of the molecule is CCCC/C(F)=C(\F)c1ccc(-c2ccc(CCC)cc2)c(F)c1F. The fraction of sp³-hybridized carbons (Fsp3) is 0.333.